The lowest BCUT2D eigenvalue weighted by molar-refractivity contribution is -0.177. The molecule has 2 unspecified atom stereocenters. The lowest BCUT2D eigenvalue weighted by Gasteiger charge is -2.51. The second kappa shape index (κ2) is 12.7. The van der Waals surface area contributed by atoms with Crippen molar-refractivity contribution in [2.75, 3.05) is 5.73 Å². The number of aliphatic hydroxyl groups is 1. The van der Waals surface area contributed by atoms with Gasteiger partial charge in [-0.3, -0.25) is 9.59 Å². The molecule has 8 atom stereocenters. The molecule has 13 nitrogen and oxygen atoms in total. The summed E-state index contributed by atoms with van der Waals surface area (Å²) in [5.74, 6) is -0.147. The van der Waals surface area contributed by atoms with Gasteiger partial charge in [0, 0.05) is 28.9 Å². The number of imidazole rings is 1. The lowest BCUT2D eigenvalue weighted by atomic mass is 9.55. The first kappa shape index (κ1) is 32.5. The number of hydrogen-bond donors (Lipinski definition) is 3. The molecule has 47 heavy (non-hydrogen) atoms. The molecule has 3 aromatic heterocycles. The molecule has 3 heterocycles. The minimum absolute atomic E-state index is 0.0109. The minimum atomic E-state index is -0.580. The molecule has 2 aliphatic rings. The van der Waals surface area contributed by atoms with Crippen LogP contribution >= 0.6 is 0 Å². The number of phenols is 1. The molecular weight excluding hydrogens is 600 g/mol. The third-order valence-corrected chi connectivity index (χ3v) is 11.2. The highest BCUT2D eigenvalue weighted by Crippen LogP contribution is 2.55. The number of carbonyl (C=O) groups is 2. The van der Waals surface area contributed by atoms with Gasteiger partial charge in [0.25, 0.3) is 0 Å². The fourth-order valence-corrected chi connectivity index (χ4v) is 8.08. The molecule has 4 aromatic rings. The number of rotatable bonds is 8. The van der Waals surface area contributed by atoms with Gasteiger partial charge in [0.1, 0.15) is 41.7 Å². The number of phenolic OH excluding ortho intramolecular Hbond substituents is 1. The lowest BCUT2D eigenvalue weighted by Crippen LogP contribution is -2.54. The van der Waals surface area contributed by atoms with Crippen molar-refractivity contribution in [2.45, 2.75) is 85.6 Å². The first-order valence-electron chi connectivity index (χ1n) is 16.5. The van der Waals surface area contributed by atoms with Crippen LogP contribution in [0.5, 0.6) is 5.75 Å². The number of ether oxygens (including phenoxy) is 1. The Balaban J connectivity index is 1.18. The Kier molecular flexibility index (Phi) is 8.77. The number of aromatic nitrogens is 7. The number of nitrogens with zero attached hydrogens (tertiary/aromatic N) is 7. The van der Waals surface area contributed by atoms with E-state index in [0.29, 0.717) is 47.4 Å². The zero-order valence-electron chi connectivity index (χ0n) is 27.6. The Morgan fingerprint density at radius 3 is 2.77 bits per heavy atom. The zero-order valence-corrected chi connectivity index (χ0v) is 27.6. The molecule has 0 amide bonds. The van der Waals surface area contributed by atoms with Gasteiger partial charge in [-0.1, -0.05) is 58.4 Å². The third-order valence-electron chi connectivity index (χ3n) is 11.2. The Labute approximate surface area is 273 Å². The van der Waals surface area contributed by atoms with Crippen molar-refractivity contribution in [2.24, 2.45) is 35.0 Å². The van der Waals surface area contributed by atoms with Gasteiger partial charge in [0.05, 0.1) is 25.2 Å². The summed E-state index contributed by atoms with van der Waals surface area (Å²) in [5.41, 5.74) is 8.13. The van der Waals surface area contributed by atoms with Gasteiger partial charge >= 0.3 is 5.97 Å². The van der Waals surface area contributed by atoms with Crippen LogP contribution in [0.3, 0.4) is 0 Å². The number of aromatic hydroxyl groups is 1. The Morgan fingerprint density at radius 2 is 2.02 bits per heavy atom. The normalized spacial score (nSPS) is 28.5. The van der Waals surface area contributed by atoms with Gasteiger partial charge in [-0.05, 0) is 42.6 Å². The maximum atomic E-state index is 13.5. The van der Waals surface area contributed by atoms with E-state index in [-0.39, 0.29) is 53.5 Å². The quantitative estimate of drug-likeness (QED) is 0.235. The van der Waals surface area contributed by atoms with Crippen molar-refractivity contribution in [3.8, 4) is 17.0 Å². The van der Waals surface area contributed by atoms with Crippen LogP contribution in [0.1, 0.15) is 65.9 Å². The van der Waals surface area contributed by atoms with E-state index >= 15 is 0 Å². The molecule has 2 aliphatic carbocycles. The van der Waals surface area contributed by atoms with E-state index in [1.165, 1.54) is 11.0 Å². The largest absolute Gasteiger partial charge is 0.508 e. The fourth-order valence-electron chi connectivity index (χ4n) is 8.08. The van der Waals surface area contributed by atoms with E-state index in [0.717, 1.165) is 12.8 Å². The standard InChI is InChI=1S/C34H44N8O5/c1-6-19(3)34(5)27(11-18(2)31(46)20(4)23-9-10-25(43)29(23)34)47-28(45)15-42-14-24(39-40-42)21-7-8-22(26(44)12-21)13-41-17-38-30-32(35)36-16-37-33(30)41/h7-8,12,14,16-20,23,27,29,31,44,46H,6,9-11,13,15H2,1-5H3,(H2,35,36,37)/t18-,19?,20+,23?,27+,29-,31+,34-/m0/s1. The molecule has 0 bridgehead atoms. The second-order valence-electron chi connectivity index (χ2n) is 13.8. The van der Waals surface area contributed by atoms with Gasteiger partial charge in [-0.25, -0.2) is 19.6 Å². The molecule has 6 rings (SSSR count). The number of ketones is 1. The summed E-state index contributed by atoms with van der Waals surface area (Å²) in [7, 11) is 0. The van der Waals surface area contributed by atoms with Gasteiger partial charge in [0.15, 0.2) is 11.5 Å². The minimum Gasteiger partial charge on any atom is -0.508 e. The van der Waals surface area contributed by atoms with Crippen LogP contribution in [0.25, 0.3) is 22.4 Å². The number of nitrogens with two attached hydrogens (primary N) is 1. The van der Waals surface area contributed by atoms with Gasteiger partial charge in [-0.15, -0.1) is 5.10 Å². The summed E-state index contributed by atoms with van der Waals surface area (Å²) in [6, 6.07) is 5.20. The van der Waals surface area contributed by atoms with Crippen LogP contribution in [0, 0.1) is 35.0 Å². The highest BCUT2D eigenvalue weighted by molar-refractivity contribution is 5.84. The van der Waals surface area contributed by atoms with E-state index in [2.05, 4.69) is 53.0 Å². The number of hydrogen-bond acceptors (Lipinski definition) is 11. The number of esters is 1. The van der Waals surface area contributed by atoms with Crippen LogP contribution < -0.4 is 5.73 Å². The summed E-state index contributed by atoms with van der Waals surface area (Å²) in [6.07, 6.45) is 6.05. The van der Waals surface area contributed by atoms with Crippen molar-refractivity contribution in [3.05, 3.63) is 42.6 Å². The Bertz CT molecular complexity index is 1790. The summed E-state index contributed by atoms with van der Waals surface area (Å²) in [6.45, 7) is 10.6. The van der Waals surface area contributed by atoms with E-state index in [1.807, 2.05) is 13.0 Å². The Hall–Kier alpha value is -4.39. The molecule has 0 spiro atoms. The molecule has 13 heteroatoms. The van der Waals surface area contributed by atoms with Gasteiger partial charge in [-0.2, -0.15) is 0 Å². The van der Waals surface area contributed by atoms with Crippen LogP contribution in [0.15, 0.2) is 37.1 Å². The number of carbonyl (C=O) groups excluding carboxylic acids is 2. The summed E-state index contributed by atoms with van der Waals surface area (Å²) in [4.78, 5) is 39.4. The molecule has 2 saturated carbocycles. The molecule has 0 saturated heterocycles. The van der Waals surface area contributed by atoms with Crippen molar-refractivity contribution in [1.29, 1.82) is 0 Å². The fraction of sp³-hybridized carbons (Fsp3) is 0.559. The van der Waals surface area contributed by atoms with Gasteiger partial charge in [0.2, 0.25) is 0 Å². The van der Waals surface area contributed by atoms with Crippen LogP contribution in [-0.2, 0) is 27.4 Å². The second-order valence-corrected chi connectivity index (χ2v) is 13.8. The number of anilines is 1. The first-order valence-corrected chi connectivity index (χ1v) is 16.5. The van der Waals surface area contributed by atoms with E-state index in [9.17, 15) is 19.8 Å². The maximum absolute atomic E-state index is 13.5. The molecule has 0 aliphatic heterocycles. The summed E-state index contributed by atoms with van der Waals surface area (Å²) < 4.78 is 9.45. The summed E-state index contributed by atoms with van der Waals surface area (Å²) in [5, 5.41) is 30.4. The smallest absolute Gasteiger partial charge is 0.328 e. The highest BCUT2D eigenvalue weighted by Gasteiger charge is 2.58. The predicted octanol–water partition coefficient (Wildman–Crippen LogP) is 4.02. The van der Waals surface area contributed by atoms with Crippen LogP contribution in [0.4, 0.5) is 5.82 Å². The monoisotopic (exact) mass is 644 g/mol. The molecule has 4 N–H and O–H groups in total. The summed E-state index contributed by atoms with van der Waals surface area (Å²) >= 11 is 0. The van der Waals surface area contributed by atoms with Crippen LogP contribution in [-0.4, -0.2) is 68.7 Å². The zero-order chi connectivity index (χ0) is 33.6. The number of nitrogen functional groups attached to an aromatic ring is 1. The molecule has 0 radical (unpaired) electrons. The van der Waals surface area contributed by atoms with Crippen molar-refractivity contribution in [3.63, 3.8) is 0 Å². The first-order chi connectivity index (χ1) is 22.4. The Morgan fingerprint density at radius 1 is 1.23 bits per heavy atom. The average molecular weight is 645 g/mol. The highest BCUT2D eigenvalue weighted by atomic mass is 16.5. The molecule has 250 valence electrons. The average Bonchev–Trinajstić information content (AvgIpc) is 3.79. The van der Waals surface area contributed by atoms with Crippen molar-refractivity contribution < 1.29 is 24.5 Å². The molecule has 2 fully saturated rings. The maximum Gasteiger partial charge on any atom is 0.328 e. The SMILES string of the molecule is CCC(C)[C@]1(C)[C@@H]2C(=O)CCC2[C@@H](C)[C@H](O)[C@@H](C)C[C@H]1OC(=O)Cn1cc(-c2ccc(Cn3cnc4c(N)ncnc43)c(O)c2)nn1. The van der Waals surface area contributed by atoms with Crippen molar-refractivity contribution >= 4 is 28.7 Å². The third kappa shape index (κ3) is 5.85. The van der Waals surface area contributed by atoms with E-state index < -0.39 is 23.6 Å². The number of Topliss-reactive ketones (excluding diaryl/α,β-unsaturated/α-hetero) is 1. The topological polar surface area (TPSA) is 184 Å². The molecular formula is C34H44N8O5. The number of benzene rings is 1. The van der Waals surface area contributed by atoms with E-state index in [1.54, 1.807) is 29.2 Å². The van der Waals surface area contributed by atoms with Gasteiger partial charge < -0.3 is 25.3 Å². The molecule has 1 aromatic carbocycles. The predicted molar refractivity (Wildman–Crippen MR) is 174 cm³/mol. The van der Waals surface area contributed by atoms with E-state index in [4.69, 9.17) is 10.5 Å². The van der Waals surface area contributed by atoms with Crippen molar-refractivity contribution in [1.82, 2.24) is 34.5 Å². The van der Waals surface area contributed by atoms with Crippen LogP contribution in [0.2, 0.25) is 0 Å². The number of aliphatic hydroxyl groups excluding tert-OH is 1. The number of fused-ring (bicyclic) bond motifs is 2.